The molecule has 5 rings (SSSR count). The lowest BCUT2D eigenvalue weighted by Crippen LogP contribution is -2.36. The molecule has 16 heteroatoms. The fourth-order valence-electron chi connectivity index (χ4n) is 4.05. The molecular formula is C22H19F5N8O3. The molecule has 0 saturated carbocycles. The number of hydrogen-bond donors (Lipinski definition) is 2. The third-order valence-electron chi connectivity index (χ3n) is 5.85. The second-order valence-corrected chi connectivity index (χ2v) is 8.61. The van der Waals surface area contributed by atoms with Gasteiger partial charge in [-0.1, -0.05) is 6.92 Å². The molecule has 4 aromatic heterocycles. The molecule has 0 aliphatic carbocycles. The Morgan fingerprint density at radius 3 is 2.68 bits per heavy atom. The number of aromatic amines is 2. The van der Waals surface area contributed by atoms with Crippen molar-refractivity contribution in [3.8, 4) is 17.1 Å². The summed E-state index contributed by atoms with van der Waals surface area (Å²) in [6.45, 7) is -0.735. The van der Waals surface area contributed by atoms with E-state index in [0.29, 0.717) is 16.5 Å². The molecule has 1 fully saturated rings. The zero-order valence-electron chi connectivity index (χ0n) is 19.6. The predicted octanol–water partition coefficient (Wildman–Crippen LogP) is 2.29. The van der Waals surface area contributed by atoms with E-state index in [1.54, 1.807) is 6.92 Å². The summed E-state index contributed by atoms with van der Waals surface area (Å²) < 4.78 is 74.7. The van der Waals surface area contributed by atoms with Crippen molar-refractivity contribution >= 4 is 16.7 Å². The number of ether oxygens (including phenoxy) is 1. The fraction of sp³-hybridized carbons (Fsp3) is 0.364. The number of aryl methyl sites for hydroxylation is 1. The highest BCUT2D eigenvalue weighted by Crippen LogP contribution is 2.34. The number of nitrogens with one attached hydrogen (secondary N) is 2. The van der Waals surface area contributed by atoms with E-state index in [-0.39, 0.29) is 40.8 Å². The molecule has 4 aromatic rings. The first-order chi connectivity index (χ1) is 17.9. The Morgan fingerprint density at radius 1 is 1.18 bits per heavy atom. The first-order valence-corrected chi connectivity index (χ1v) is 11.3. The van der Waals surface area contributed by atoms with Crippen LogP contribution in [-0.4, -0.2) is 66.0 Å². The molecule has 5 heterocycles. The maximum Gasteiger partial charge on any atom is 0.408 e. The summed E-state index contributed by atoms with van der Waals surface area (Å²) in [4.78, 5) is 41.8. The fourth-order valence-corrected chi connectivity index (χ4v) is 4.05. The molecule has 0 unspecified atom stereocenters. The van der Waals surface area contributed by atoms with Crippen molar-refractivity contribution in [1.82, 2.24) is 34.7 Å². The van der Waals surface area contributed by atoms with Gasteiger partial charge >= 0.3 is 17.8 Å². The van der Waals surface area contributed by atoms with Crippen molar-refractivity contribution in [1.29, 1.82) is 0 Å². The van der Waals surface area contributed by atoms with Crippen LogP contribution in [0.5, 0.6) is 5.88 Å². The number of fused-ring (bicyclic) bond motifs is 1. The minimum atomic E-state index is -4.53. The van der Waals surface area contributed by atoms with Crippen LogP contribution in [0.15, 0.2) is 40.3 Å². The zero-order chi connectivity index (χ0) is 27.2. The van der Waals surface area contributed by atoms with Crippen molar-refractivity contribution in [3.05, 3.63) is 57.4 Å². The zero-order valence-corrected chi connectivity index (χ0v) is 19.6. The van der Waals surface area contributed by atoms with Gasteiger partial charge in [-0.05, 0) is 0 Å². The molecule has 11 nitrogen and oxygen atoms in total. The number of halogens is 5. The van der Waals surface area contributed by atoms with Gasteiger partial charge in [-0.25, -0.2) is 28.5 Å². The van der Waals surface area contributed by atoms with Crippen LogP contribution in [0.4, 0.5) is 27.8 Å². The summed E-state index contributed by atoms with van der Waals surface area (Å²) >= 11 is 0. The van der Waals surface area contributed by atoms with Crippen molar-refractivity contribution < 1.29 is 26.7 Å². The van der Waals surface area contributed by atoms with Crippen molar-refractivity contribution in [2.75, 3.05) is 18.0 Å². The number of anilines is 1. The van der Waals surface area contributed by atoms with Gasteiger partial charge < -0.3 is 14.6 Å². The number of hydrogen-bond acceptors (Lipinski definition) is 8. The van der Waals surface area contributed by atoms with Crippen molar-refractivity contribution in [2.24, 2.45) is 0 Å². The number of nitrogens with zero attached hydrogens (tertiary/aromatic N) is 6. The second-order valence-electron chi connectivity index (χ2n) is 8.61. The molecule has 38 heavy (non-hydrogen) atoms. The molecule has 0 spiro atoms. The highest BCUT2D eigenvalue weighted by Gasteiger charge is 2.51. The maximum absolute atomic E-state index is 15.0. The first kappa shape index (κ1) is 25.3. The summed E-state index contributed by atoms with van der Waals surface area (Å²) in [5, 5.41) is 3.97. The van der Waals surface area contributed by atoms with Gasteiger partial charge in [0.2, 0.25) is 5.88 Å². The minimum Gasteiger partial charge on any atom is -0.466 e. The Morgan fingerprint density at radius 2 is 1.97 bits per heavy atom. The van der Waals surface area contributed by atoms with Gasteiger partial charge in [-0.3, -0.25) is 14.5 Å². The monoisotopic (exact) mass is 538 g/mol. The SMILES string of the molecule is CCc1nc(-c2c[nH]c(=O)[nH]c2=O)cc(N2C[C@H](Oc3cc4c(cn3)cnn4CC(F)(F)F)C(F)(F)C2)n1. The van der Waals surface area contributed by atoms with E-state index in [9.17, 15) is 22.8 Å². The molecule has 0 aromatic carbocycles. The number of alkyl halides is 5. The molecule has 1 aliphatic rings. The summed E-state index contributed by atoms with van der Waals surface area (Å²) in [5.74, 6) is -3.28. The van der Waals surface area contributed by atoms with E-state index in [1.807, 2.05) is 0 Å². The summed E-state index contributed by atoms with van der Waals surface area (Å²) in [6, 6.07) is 2.48. The lowest BCUT2D eigenvalue weighted by Gasteiger charge is -2.18. The van der Waals surface area contributed by atoms with Gasteiger partial charge in [-0.2, -0.15) is 18.3 Å². The molecule has 0 bridgehead atoms. The highest BCUT2D eigenvalue weighted by atomic mass is 19.4. The van der Waals surface area contributed by atoms with E-state index in [0.717, 1.165) is 6.07 Å². The largest absolute Gasteiger partial charge is 0.466 e. The molecule has 200 valence electrons. The Bertz CT molecular complexity index is 1610. The maximum atomic E-state index is 15.0. The Hall–Kier alpha value is -4.37. The van der Waals surface area contributed by atoms with Crippen LogP contribution >= 0.6 is 0 Å². The molecule has 2 N–H and O–H groups in total. The summed E-state index contributed by atoms with van der Waals surface area (Å²) in [6.07, 6.45) is -2.34. The van der Waals surface area contributed by atoms with Crippen LogP contribution < -0.4 is 20.9 Å². The average molecular weight is 538 g/mol. The molecule has 1 aliphatic heterocycles. The van der Waals surface area contributed by atoms with Crippen LogP contribution in [0.2, 0.25) is 0 Å². The van der Waals surface area contributed by atoms with Crippen molar-refractivity contribution in [3.63, 3.8) is 0 Å². The highest BCUT2D eigenvalue weighted by molar-refractivity contribution is 5.78. The van der Waals surface area contributed by atoms with E-state index in [1.165, 1.54) is 29.6 Å². The molecular weight excluding hydrogens is 519 g/mol. The molecule has 0 amide bonds. The van der Waals surface area contributed by atoms with E-state index >= 15 is 8.78 Å². The van der Waals surface area contributed by atoms with E-state index in [2.05, 4.69) is 30.0 Å². The predicted molar refractivity (Wildman–Crippen MR) is 123 cm³/mol. The lowest BCUT2D eigenvalue weighted by molar-refractivity contribution is -0.141. The van der Waals surface area contributed by atoms with Gasteiger partial charge in [0.25, 0.3) is 5.56 Å². The number of H-pyrrole nitrogens is 2. The Labute approximate surface area is 209 Å². The smallest absolute Gasteiger partial charge is 0.408 e. The molecule has 1 saturated heterocycles. The molecule has 1 atom stereocenters. The van der Waals surface area contributed by atoms with Crippen LogP contribution in [0.1, 0.15) is 12.7 Å². The third-order valence-corrected chi connectivity index (χ3v) is 5.85. The lowest BCUT2D eigenvalue weighted by atomic mass is 10.2. The van der Waals surface area contributed by atoms with Crippen LogP contribution in [0, 0.1) is 0 Å². The van der Waals surface area contributed by atoms with Gasteiger partial charge in [0, 0.05) is 36.3 Å². The normalized spacial score (nSPS) is 17.3. The van der Waals surface area contributed by atoms with Crippen molar-refractivity contribution in [2.45, 2.75) is 38.1 Å². The summed E-state index contributed by atoms with van der Waals surface area (Å²) in [5.41, 5.74) is -1.24. The Balaban J connectivity index is 1.42. The van der Waals surface area contributed by atoms with Gasteiger partial charge in [0.15, 0.2) is 6.10 Å². The Kier molecular flexibility index (Phi) is 6.11. The van der Waals surface area contributed by atoms with Crippen LogP contribution in [-0.2, 0) is 13.0 Å². The standard InChI is InChI=1S/C22H19F5N8O3/c1-2-16-31-13(12-7-29-20(37)33-19(12)36)3-17(32-16)34-8-15(21(23,24)9-34)38-18-4-14-11(5-28-18)6-30-35(14)10-22(25,26)27/h3-7,15H,2,8-10H2,1H3,(H2,29,33,36,37)/t15-/m0/s1. The first-order valence-electron chi connectivity index (χ1n) is 11.3. The number of aromatic nitrogens is 7. The van der Waals surface area contributed by atoms with E-state index in [4.69, 9.17) is 4.74 Å². The topological polar surface area (TPSA) is 135 Å². The second kappa shape index (κ2) is 9.18. The van der Waals surface area contributed by atoms with Crippen LogP contribution in [0.25, 0.3) is 22.2 Å². The van der Waals surface area contributed by atoms with Gasteiger partial charge in [-0.15, -0.1) is 0 Å². The van der Waals surface area contributed by atoms with E-state index < -0.39 is 42.5 Å². The van der Waals surface area contributed by atoms with Gasteiger partial charge in [0.1, 0.15) is 18.2 Å². The van der Waals surface area contributed by atoms with Gasteiger partial charge in [0.05, 0.1) is 36.1 Å². The number of rotatable bonds is 6. The molecule has 0 radical (unpaired) electrons. The average Bonchev–Trinajstić information content (AvgIpc) is 3.37. The van der Waals surface area contributed by atoms with Crippen LogP contribution in [0.3, 0.4) is 0 Å². The summed E-state index contributed by atoms with van der Waals surface area (Å²) in [7, 11) is 0. The number of pyridine rings is 1. The third kappa shape index (κ3) is 5.05. The minimum absolute atomic E-state index is 0.0229. The quantitative estimate of drug-likeness (QED) is 0.357.